The molecule has 1 aromatic heterocycles. The molecule has 7 heteroatoms. The van der Waals surface area contributed by atoms with Crippen molar-refractivity contribution in [3.8, 4) is 0 Å². The molecule has 1 fully saturated rings. The molecule has 1 saturated heterocycles. The van der Waals surface area contributed by atoms with Crippen LogP contribution in [-0.2, 0) is 0 Å². The number of rotatable bonds is 1. The molecule has 2 heterocycles. The van der Waals surface area contributed by atoms with Crippen molar-refractivity contribution in [2.45, 2.75) is 12.6 Å². The first kappa shape index (κ1) is 13.6. The molecule has 0 spiro atoms. The Balaban J connectivity index is 2.06. The number of halogens is 4. The Hall–Kier alpha value is -1.33. The van der Waals surface area contributed by atoms with E-state index in [1.165, 1.54) is 17.0 Å². The number of aromatic nitrogens is 1. The first-order chi connectivity index (χ1) is 9.49. The fourth-order valence-electron chi connectivity index (χ4n) is 2.39. The first-order valence-electron chi connectivity index (χ1n) is 6.07. The van der Waals surface area contributed by atoms with E-state index in [0.717, 1.165) is 0 Å². The van der Waals surface area contributed by atoms with Crippen LogP contribution in [0.15, 0.2) is 12.1 Å². The van der Waals surface area contributed by atoms with Gasteiger partial charge in [-0.1, -0.05) is 23.2 Å². The SMILES string of the molecule is O=C(c1[nH]c2ccc(F)c(Cl)c2c1Cl)N1CCC(F)C1. The van der Waals surface area contributed by atoms with Gasteiger partial charge >= 0.3 is 0 Å². The van der Waals surface area contributed by atoms with Gasteiger partial charge in [0, 0.05) is 17.4 Å². The summed E-state index contributed by atoms with van der Waals surface area (Å²) < 4.78 is 26.6. The lowest BCUT2D eigenvalue weighted by molar-refractivity contribution is 0.0778. The molecule has 3 nitrogen and oxygen atoms in total. The average molecular weight is 319 g/mol. The zero-order chi connectivity index (χ0) is 14.4. The van der Waals surface area contributed by atoms with Crippen LogP contribution in [0.1, 0.15) is 16.9 Å². The van der Waals surface area contributed by atoms with E-state index in [1.807, 2.05) is 0 Å². The zero-order valence-electron chi connectivity index (χ0n) is 10.2. The van der Waals surface area contributed by atoms with Crippen LogP contribution in [0.4, 0.5) is 8.78 Å². The minimum absolute atomic E-state index is 0.0482. The highest BCUT2D eigenvalue weighted by atomic mass is 35.5. The predicted molar refractivity (Wildman–Crippen MR) is 73.7 cm³/mol. The molecule has 0 bridgehead atoms. The van der Waals surface area contributed by atoms with Crippen LogP contribution in [0.5, 0.6) is 0 Å². The molecule has 1 amide bonds. The normalized spacial score (nSPS) is 19.0. The van der Waals surface area contributed by atoms with Gasteiger partial charge in [0.05, 0.1) is 16.6 Å². The van der Waals surface area contributed by atoms with Crippen LogP contribution >= 0.6 is 23.2 Å². The number of carbonyl (C=O) groups is 1. The number of likely N-dealkylation sites (tertiary alicyclic amines) is 1. The van der Waals surface area contributed by atoms with Crippen molar-refractivity contribution in [2.24, 2.45) is 0 Å². The molecule has 20 heavy (non-hydrogen) atoms. The van der Waals surface area contributed by atoms with E-state index in [9.17, 15) is 13.6 Å². The molecule has 3 rings (SSSR count). The van der Waals surface area contributed by atoms with E-state index in [-0.39, 0.29) is 27.7 Å². The number of amides is 1. The molecule has 1 unspecified atom stereocenters. The Morgan fingerprint density at radius 1 is 1.35 bits per heavy atom. The van der Waals surface area contributed by atoms with Gasteiger partial charge in [0.1, 0.15) is 17.7 Å². The number of alkyl halides is 1. The van der Waals surface area contributed by atoms with Crippen molar-refractivity contribution in [1.82, 2.24) is 9.88 Å². The molecule has 1 aromatic carbocycles. The highest BCUT2D eigenvalue weighted by Gasteiger charge is 2.29. The Morgan fingerprint density at radius 2 is 2.10 bits per heavy atom. The van der Waals surface area contributed by atoms with Gasteiger partial charge in [-0.25, -0.2) is 8.78 Å². The highest BCUT2D eigenvalue weighted by Crippen LogP contribution is 2.35. The summed E-state index contributed by atoms with van der Waals surface area (Å²) in [6.45, 7) is 0.389. The molecule has 0 saturated carbocycles. The number of aromatic amines is 1. The number of fused-ring (bicyclic) bond motifs is 1. The molecule has 1 aliphatic rings. The molecule has 1 aliphatic heterocycles. The van der Waals surface area contributed by atoms with Gasteiger partial charge in [-0.2, -0.15) is 0 Å². The summed E-state index contributed by atoms with van der Waals surface area (Å²) in [6.07, 6.45) is -0.693. The lowest BCUT2D eigenvalue weighted by Crippen LogP contribution is -2.29. The smallest absolute Gasteiger partial charge is 0.271 e. The topological polar surface area (TPSA) is 36.1 Å². The zero-order valence-corrected chi connectivity index (χ0v) is 11.7. The van der Waals surface area contributed by atoms with Gasteiger partial charge in [-0.3, -0.25) is 4.79 Å². The van der Waals surface area contributed by atoms with Gasteiger partial charge in [0.2, 0.25) is 0 Å². The summed E-state index contributed by atoms with van der Waals surface area (Å²) in [4.78, 5) is 16.5. The van der Waals surface area contributed by atoms with Gasteiger partial charge in [0.25, 0.3) is 5.91 Å². The Labute approximate surface area is 123 Å². The summed E-state index contributed by atoms with van der Waals surface area (Å²) in [5, 5.41) is 0.206. The van der Waals surface area contributed by atoms with Crippen molar-refractivity contribution in [3.63, 3.8) is 0 Å². The second-order valence-electron chi connectivity index (χ2n) is 4.74. The number of hydrogen-bond donors (Lipinski definition) is 1. The summed E-state index contributed by atoms with van der Waals surface area (Å²) >= 11 is 12.0. The van der Waals surface area contributed by atoms with E-state index in [4.69, 9.17) is 23.2 Å². The van der Waals surface area contributed by atoms with Crippen molar-refractivity contribution in [3.05, 3.63) is 33.7 Å². The summed E-state index contributed by atoms with van der Waals surface area (Å²) in [6, 6.07) is 2.65. The van der Waals surface area contributed by atoms with Crippen LogP contribution in [0.3, 0.4) is 0 Å². The van der Waals surface area contributed by atoms with Crippen LogP contribution in [0.25, 0.3) is 10.9 Å². The minimum atomic E-state index is -1.01. The molecule has 0 radical (unpaired) electrons. The van der Waals surface area contributed by atoms with Gasteiger partial charge < -0.3 is 9.88 Å². The lowest BCUT2D eigenvalue weighted by Gasteiger charge is -2.14. The van der Waals surface area contributed by atoms with E-state index in [1.54, 1.807) is 0 Å². The fourth-order valence-corrected chi connectivity index (χ4v) is 3.02. The maximum Gasteiger partial charge on any atom is 0.271 e. The third-order valence-corrected chi connectivity index (χ3v) is 4.17. The van der Waals surface area contributed by atoms with E-state index in [0.29, 0.717) is 18.5 Å². The van der Waals surface area contributed by atoms with Gasteiger partial charge in [-0.15, -0.1) is 0 Å². The summed E-state index contributed by atoms with van der Waals surface area (Å²) in [5.41, 5.74) is 0.587. The maximum atomic E-state index is 13.4. The molecule has 1 atom stereocenters. The van der Waals surface area contributed by atoms with Crippen molar-refractivity contribution >= 4 is 40.0 Å². The molecule has 0 aliphatic carbocycles. The maximum absolute atomic E-state index is 13.4. The van der Waals surface area contributed by atoms with E-state index >= 15 is 0 Å². The van der Waals surface area contributed by atoms with Crippen molar-refractivity contribution < 1.29 is 13.6 Å². The standard InChI is InChI=1S/C13H10Cl2F2N2O/c14-10-7(17)1-2-8-9(10)11(15)12(18-8)13(20)19-4-3-6(16)5-19/h1-2,6,18H,3-5H2. The second kappa shape index (κ2) is 4.90. The number of nitrogens with one attached hydrogen (secondary N) is 1. The van der Waals surface area contributed by atoms with Crippen LogP contribution in [0, 0.1) is 5.82 Å². The third-order valence-electron chi connectivity index (χ3n) is 3.43. The van der Waals surface area contributed by atoms with Crippen LogP contribution < -0.4 is 0 Å². The monoisotopic (exact) mass is 318 g/mol. The van der Waals surface area contributed by atoms with E-state index < -0.39 is 17.9 Å². The Morgan fingerprint density at radius 3 is 2.75 bits per heavy atom. The van der Waals surface area contributed by atoms with Gasteiger partial charge in [-0.05, 0) is 18.6 Å². The fraction of sp³-hybridized carbons (Fsp3) is 0.308. The first-order valence-corrected chi connectivity index (χ1v) is 6.83. The average Bonchev–Trinajstić information content (AvgIpc) is 2.98. The third kappa shape index (κ3) is 2.05. The van der Waals surface area contributed by atoms with Crippen molar-refractivity contribution in [2.75, 3.05) is 13.1 Å². The summed E-state index contributed by atoms with van der Waals surface area (Å²) in [5.74, 6) is -1.01. The predicted octanol–water partition coefficient (Wildman–Crippen LogP) is 3.80. The number of benzene rings is 1. The molecule has 2 aromatic rings. The van der Waals surface area contributed by atoms with Crippen LogP contribution in [-0.4, -0.2) is 35.1 Å². The molecular formula is C13H10Cl2F2N2O. The highest BCUT2D eigenvalue weighted by molar-refractivity contribution is 6.44. The molecular weight excluding hydrogens is 309 g/mol. The molecule has 1 N–H and O–H groups in total. The number of H-pyrrole nitrogens is 1. The number of nitrogens with zero attached hydrogens (tertiary/aromatic N) is 1. The number of carbonyl (C=O) groups excluding carboxylic acids is 1. The second-order valence-corrected chi connectivity index (χ2v) is 5.49. The summed E-state index contributed by atoms with van der Waals surface area (Å²) in [7, 11) is 0. The van der Waals surface area contributed by atoms with E-state index in [2.05, 4.69) is 4.98 Å². The van der Waals surface area contributed by atoms with Gasteiger partial charge in [0.15, 0.2) is 0 Å². The quantitative estimate of drug-likeness (QED) is 0.853. The lowest BCUT2D eigenvalue weighted by atomic mass is 10.2. The number of hydrogen-bond acceptors (Lipinski definition) is 1. The Kier molecular flexibility index (Phi) is 3.34. The van der Waals surface area contributed by atoms with Crippen molar-refractivity contribution in [1.29, 1.82) is 0 Å². The largest absolute Gasteiger partial charge is 0.349 e. The molecule has 106 valence electrons. The minimum Gasteiger partial charge on any atom is -0.349 e. The Bertz CT molecular complexity index is 701. The van der Waals surface area contributed by atoms with Crippen LogP contribution in [0.2, 0.25) is 10.0 Å².